The fourth-order valence-electron chi connectivity index (χ4n) is 2.68. The number of benzene rings is 1. The van der Waals surface area contributed by atoms with Crippen LogP contribution in [-0.2, 0) is 24.4 Å². The molecule has 1 aromatic heterocycles. The maximum atomic E-state index is 14.5. The van der Waals surface area contributed by atoms with E-state index in [1.165, 1.54) is 13.8 Å². The van der Waals surface area contributed by atoms with Crippen molar-refractivity contribution in [1.82, 2.24) is 9.13 Å². The molecule has 0 aliphatic rings. The molecule has 0 saturated heterocycles. The third kappa shape index (κ3) is 4.35. The Hall–Kier alpha value is -2.27. The van der Waals surface area contributed by atoms with Crippen LogP contribution in [0.1, 0.15) is 25.1 Å². The van der Waals surface area contributed by atoms with E-state index in [0.717, 1.165) is 30.9 Å². The summed E-state index contributed by atoms with van der Waals surface area (Å²) in [5.41, 5.74) is -5.45. The quantitative estimate of drug-likeness (QED) is 0.552. The van der Waals surface area contributed by atoms with Gasteiger partial charge >= 0.3 is 17.8 Å². The number of thioether (sulfide) groups is 1. The number of aliphatic carboxylic acids is 1. The van der Waals surface area contributed by atoms with E-state index in [0.29, 0.717) is 0 Å². The van der Waals surface area contributed by atoms with Crippen molar-refractivity contribution in [1.29, 1.82) is 0 Å². The molecule has 0 saturated carbocycles. The Morgan fingerprint density at radius 1 is 1.31 bits per heavy atom. The lowest BCUT2D eigenvalue weighted by molar-refractivity contribution is -0.144. The van der Waals surface area contributed by atoms with Gasteiger partial charge in [0.1, 0.15) is 16.8 Å². The molecule has 0 aliphatic carbocycles. The molecule has 2 rings (SSSR count). The lowest BCUT2D eigenvalue weighted by Gasteiger charge is -2.19. The number of hydrogen-bond donors (Lipinski definition) is 1. The van der Waals surface area contributed by atoms with E-state index in [9.17, 15) is 31.9 Å². The Kier molecular flexibility index (Phi) is 6.53. The smallest absolute Gasteiger partial charge is 0.432 e. The largest absolute Gasteiger partial charge is 0.480 e. The van der Waals surface area contributed by atoms with E-state index in [4.69, 9.17) is 16.7 Å². The number of carboxylic acids is 1. The Morgan fingerprint density at radius 3 is 2.38 bits per heavy atom. The minimum absolute atomic E-state index is 0.0462. The van der Waals surface area contributed by atoms with E-state index in [1.807, 2.05) is 0 Å². The maximum Gasteiger partial charge on any atom is 0.432 e. The normalized spacial score (nSPS) is 12.8. The summed E-state index contributed by atoms with van der Waals surface area (Å²) >= 11 is 6.65. The molecule has 1 aromatic carbocycles. The van der Waals surface area contributed by atoms with Crippen LogP contribution in [0.5, 0.6) is 0 Å². The molecular formula is C17H15ClF4N2O4S. The lowest BCUT2D eigenvalue weighted by Crippen LogP contribution is -2.44. The van der Waals surface area contributed by atoms with Gasteiger partial charge in [-0.2, -0.15) is 13.2 Å². The average molecular weight is 455 g/mol. The number of rotatable bonds is 5. The third-order valence-corrected chi connectivity index (χ3v) is 5.65. The van der Waals surface area contributed by atoms with E-state index >= 15 is 0 Å². The number of carbonyl (C=O) groups is 1. The summed E-state index contributed by atoms with van der Waals surface area (Å²) in [6, 6.07) is 1.74. The summed E-state index contributed by atoms with van der Waals surface area (Å²) in [5, 5.41) is 7.86. The third-order valence-electron chi connectivity index (χ3n) is 4.08. The van der Waals surface area contributed by atoms with Crippen LogP contribution in [-0.4, -0.2) is 25.5 Å². The van der Waals surface area contributed by atoms with Gasteiger partial charge < -0.3 is 5.11 Å². The van der Waals surface area contributed by atoms with Crippen molar-refractivity contribution in [2.75, 3.05) is 0 Å². The molecule has 0 spiro atoms. The van der Waals surface area contributed by atoms with Crippen molar-refractivity contribution < 1.29 is 27.5 Å². The highest BCUT2D eigenvalue weighted by Gasteiger charge is 2.38. The monoisotopic (exact) mass is 454 g/mol. The summed E-state index contributed by atoms with van der Waals surface area (Å²) < 4.78 is 55.1. The molecule has 0 fully saturated rings. The van der Waals surface area contributed by atoms with Gasteiger partial charge in [0.2, 0.25) is 0 Å². The van der Waals surface area contributed by atoms with Crippen molar-refractivity contribution >= 4 is 29.3 Å². The highest BCUT2D eigenvalue weighted by molar-refractivity contribution is 8.00. The van der Waals surface area contributed by atoms with Crippen LogP contribution in [0.4, 0.5) is 17.6 Å². The minimum atomic E-state index is -4.96. The Bertz CT molecular complexity index is 1090. The minimum Gasteiger partial charge on any atom is -0.480 e. The standard InChI is InChI=1S/C17H15ClF4N2O4S/c1-4-8-13(17(20,21)22)23(3)16(28)24(14(8)25)11-6-12(9(18)5-10(11)19)29-7(2)15(26)27/h5-7H,4H2,1-3H3,(H,26,27). The van der Waals surface area contributed by atoms with Crippen LogP contribution in [0.25, 0.3) is 5.69 Å². The Morgan fingerprint density at radius 2 is 1.90 bits per heavy atom. The fourth-order valence-corrected chi connectivity index (χ4v) is 3.80. The molecule has 1 unspecified atom stereocenters. The van der Waals surface area contributed by atoms with Gasteiger partial charge in [0.25, 0.3) is 5.56 Å². The summed E-state index contributed by atoms with van der Waals surface area (Å²) in [6.45, 7) is 2.64. The molecule has 0 radical (unpaired) electrons. The van der Waals surface area contributed by atoms with Crippen molar-refractivity contribution in [3.63, 3.8) is 0 Å². The van der Waals surface area contributed by atoms with Crippen LogP contribution in [0, 0.1) is 5.82 Å². The number of hydrogen-bond acceptors (Lipinski definition) is 4. The topological polar surface area (TPSA) is 81.3 Å². The predicted molar refractivity (Wildman–Crippen MR) is 99.6 cm³/mol. The molecule has 1 atom stereocenters. The molecule has 1 N–H and O–H groups in total. The van der Waals surface area contributed by atoms with Gasteiger partial charge in [0.05, 0.1) is 10.7 Å². The van der Waals surface area contributed by atoms with Crippen molar-refractivity contribution in [2.24, 2.45) is 7.05 Å². The van der Waals surface area contributed by atoms with Crippen LogP contribution in [0.15, 0.2) is 26.6 Å². The first kappa shape index (κ1) is 23.0. The number of aromatic nitrogens is 2. The van der Waals surface area contributed by atoms with Gasteiger partial charge in [-0.05, 0) is 25.5 Å². The summed E-state index contributed by atoms with van der Waals surface area (Å²) in [6.07, 6.45) is -5.32. The van der Waals surface area contributed by atoms with Crippen molar-refractivity contribution in [3.8, 4) is 5.69 Å². The average Bonchev–Trinajstić information content (AvgIpc) is 2.60. The van der Waals surface area contributed by atoms with Gasteiger partial charge in [-0.3, -0.25) is 14.2 Å². The first-order valence-corrected chi connectivity index (χ1v) is 9.37. The second-order valence-corrected chi connectivity index (χ2v) is 7.78. The fraction of sp³-hybridized carbons (Fsp3) is 0.353. The maximum absolute atomic E-state index is 14.5. The van der Waals surface area contributed by atoms with Gasteiger partial charge in [-0.25, -0.2) is 13.8 Å². The van der Waals surface area contributed by atoms with E-state index in [1.54, 1.807) is 0 Å². The van der Waals surface area contributed by atoms with E-state index in [-0.39, 0.29) is 25.5 Å². The van der Waals surface area contributed by atoms with Crippen LogP contribution < -0.4 is 11.2 Å². The molecule has 0 bridgehead atoms. The summed E-state index contributed by atoms with van der Waals surface area (Å²) in [5.74, 6) is -2.31. The molecular weight excluding hydrogens is 440 g/mol. The summed E-state index contributed by atoms with van der Waals surface area (Å²) in [7, 11) is 0.830. The van der Waals surface area contributed by atoms with Crippen LogP contribution in [0.2, 0.25) is 5.02 Å². The van der Waals surface area contributed by atoms with Gasteiger partial charge in [0, 0.05) is 17.5 Å². The van der Waals surface area contributed by atoms with E-state index in [2.05, 4.69) is 0 Å². The molecule has 158 valence electrons. The lowest BCUT2D eigenvalue weighted by atomic mass is 10.1. The van der Waals surface area contributed by atoms with Gasteiger partial charge in [-0.15, -0.1) is 11.8 Å². The number of carboxylic acid groups (broad SMARTS) is 1. The zero-order chi connectivity index (χ0) is 22.3. The molecule has 0 amide bonds. The molecule has 1 heterocycles. The molecule has 2 aromatic rings. The van der Waals surface area contributed by atoms with E-state index < -0.39 is 51.4 Å². The molecule has 12 heteroatoms. The second kappa shape index (κ2) is 8.23. The molecule has 29 heavy (non-hydrogen) atoms. The molecule has 6 nitrogen and oxygen atoms in total. The SMILES string of the molecule is CCc1c(C(F)(F)F)n(C)c(=O)n(-c2cc(SC(C)C(=O)O)c(Cl)cc2F)c1=O. The highest BCUT2D eigenvalue weighted by Crippen LogP contribution is 2.34. The Labute approximate surface area is 170 Å². The second-order valence-electron chi connectivity index (χ2n) is 5.99. The number of nitrogens with zero attached hydrogens (tertiary/aromatic N) is 2. The van der Waals surface area contributed by atoms with Crippen molar-refractivity contribution in [3.05, 3.63) is 55.1 Å². The summed E-state index contributed by atoms with van der Waals surface area (Å²) in [4.78, 5) is 36.3. The van der Waals surface area contributed by atoms with Crippen LogP contribution in [0.3, 0.4) is 0 Å². The first-order valence-electron chi connectivity index (χ1n) is 8.12. The zero-order valence-corrected chi connectivity index (χ0v) is 16.9. The Balaban J connectivity index is 2.85. The highest BCUT2D eigenvalue weighted by atomic mass is 35.5. The van der Waals surface area contributed by atoms with Crippen LogP contribution >= 0.6 is 23.4 Å². The predicted octanol–water partition coefficient (Wildman–Crippen LogP) is 3.48. The molecule has 0 aliphatic heterocycles. The van der Waals surface area contributed by atoms with Gasteiger partial charge in [-0.1, -0.05) is 18.5 Å². The van der Waals surface area contributed by atoms with Gasteiger partial charge in [0.15, 0.2) is 0 Å². The van der Waals surface area contributed by atoms with Crippen molar-refractivity contribution in [2.45, 2.75) is 36.6 Å². The number of alkyl halides is 3. The first-order chi connectivity index (χ1) is 13.3. The zero-order valence-electron chi connectivity index (χ0n) is 15.3. The number of halogens is 5.